The van der Waals surface area contributed by atoms with Gasteiger partial charge in [0.2, 0.25) is 0 Å². The summed E-state index contributed by atoms with van der Waals surface area (Å²) < 4.78 is 13.1. The first-order valence-electron chi connectivity index (χ1n) is 10.4. The van der Waals surface area contributed by atoms with E-state index in [0.717, 1.165) is 16.7 Å². The van der Waals surface area contributed by atoms with E-state index in [1.807, 2.05) is 66.9 Å². The number of para-hydroxylation sites is 2. The van der Waals surface area contributed by atoms with E-state index in [9.17, 15) is 10.1 Å². The Balaban J connectivity index is 1.61. The highest BCUT2D eigenvalue weighted by molar-refractivity contribution is 6.02. The third-order valence-electron chi connectivity index (χ3n) is 5.37. The Morgan fingerprint density at radius 3 is 2.56 bits per heavy atom. The van der Waals surface area contributed by atoms with Gasteiger partial charge in [0, 0.05) is 30.2 Å². The van der Waals surface area contributed by atoms with Crippen molar-refractivity contribution >= 4 is 23.0 Å². The molecule has 1 saturated heterocycles. The number of aromatic nitrogens is 2. The minimum absolute atomic E-state index is 0.0527. The average molecular weight is 424 g/mol. The van der Waals surface area contributed by atoms with Gasteiger partial charge in [-0.2, -0.15) is 10.4 Å². The maximum Gasteiger partial charge on any atom is 0.264 e. The van der Waals surface area contributed by atoms with Gasteiger partial charge in [0.1, 0.15) is 22.9 Å². The van der Waals surface area contributed by atoms with Crippen molar-refractivity contribution in [3.63, 3.8) is 0 Å². The highest BCUT2D eigenvalue weighted by atomic mass is 16.5. The Hall–Kier alpha value is -4.15. The molecule has 0 spiro atoms. The van der Waals surface area contributed by atoms with Gasteiger partial charge in [0.25, 0.3) is 5.91 Å². The molecule has 2 aromatic carbocycles. The maximum atomic E-state index is 12.9. The zero-order valence-corrected chi connectivity index (χ0v) is 17.3. The van der Waals surface area contributed by atoms with E-state index in [4.69, 9.17) is 14.3 Å². The van der Waals surface area contributed by atoms with E-state index in [0.29, 0.717) is 43.3 Å². The van der Waals surface area contributed by atoms with E-state index >= 15 is 0 Å². The number of furan rings is 1. The highest BCUT2D eigenvalue weighted by Crippen LogP contribution is 2.31. The lowest BCUT2D eigenvalue weighted by Crippen LogP contribution is -2.41. The molecule has 0 aliphatic carbocycles. The van der Waals surface area contributed by atoms with Gasteiger partial charge in [-0.3, -0.25) is 4.79 Å². The normalized spacial score (nSPS) is 14.5. The lowest BCUT2D eigenvalue weighted by atomic mass is 10.1. The summed E-state index contributed by atoms with van der Waals surface area (Å²) in [5.74, 6) is 0.266. The zero-order chi connectivity index (χ0) is 21.9. The fourth-order valence-electron chi connectivity index (χ4n) is 3.73. The molecule has 0 radical (unpaired) electrons. The van der Waals surface area contributed by atoms with E-state index in [-0.39, 0.29) is 11.5 Å². The first kappa shape index (κ1) is 19.8. The van der Waals surface area contributed by atoms with Crippen molar-refractivity contribution in [2.24, 2.45) is 0 Å². The molecular weight excluding hydrogens is 404 g/mol. The van der Waals surface area contributed by atoms with Gasteiger partial charge in [-0.25, -0.2) is 4.68 Å². The molecule has 1 amide bonds. The molecular formula is C25H20N4O3. The van der Waals surface area contributed by atoms with Crippen LogP contribution in [0.1, 0.15) is 5.56 Å². The number of benzene rings is 2. The standard InChI is InChI=1S/C25H20N4O3/c26-16-19(25(30)28-10-12-31-13-11-28)14-20-17-29(21-7-2-1-3-8-21)27-24(20)23-15-18-6-4-5-9-22(18)32-23/h1-9,14-15,17H,10-13H2. The molecule has 3 heterocycles. The van der Waals surface area contributed by atoms with E-state index in [1.165, 1.54) is 0 Å². The molecule has 32 heavy (non-hydrogen) atoms. The first-order valence-corrected chi connectivity index (χ1v) is 10.4. The topological polar surface area (TPSA) is 84.3 Å². The van der Waals surface area contributed by atoms with E-state index in [2.05, 4.69) is 6.07 Å². The summed E-state index contributed by atoms with van der Waals surface area (Å²) >= 11 is 0. The summed E-state index contributed by atoms with van der Waals surface area (Å²) in [5.41, 5.74) is 2.86. The predicted octanol–water partition coefficient (Wildman–Crippen LogP) is 4.05. The van der Waals surface area contributed by atoms with Crippen LogP contribution >= 0.6 is 0 Å². The summed E-state index contributed by atoms with van der Waals surface area (Å²) in [7, 11) is 0. The van der Waals surface area contributed by atoms with Crippen molar-refractivity contribution in [1.82, 2.24) is 14.7 Å². The van der Waals surface area contributed by atoms with Gasteiger partial charge >= 0.3 is 0 Å². The van der Waals surface area contributed by atoms with Crippen LogP contribution < -0.4 is 0 Å². The predicted molar refractivity (Wildman–Crippen MR) is 120 cm³/mol. The second-order valence-electron chi connectivity index (χ2n) is 7.44. The molecule has 0 unspecified atom stereocenters. The Kier molecular flexibility index (Phi) is 5.28. The molecule has 4 aromatic rings. The van der Waals surface area contributed by atoms with Crippen molar-refractivity contribution in [3.8, 4) is 23.2 Å². The van der Waals surface area contributed by atoms with Gasteiger partial charge in [0.05, 0.1) is 18.9 Å². The number of morpholine rings is 1. The number of hydrogen-bond donors (Lipinski definition) is 0. The SMILES string of the molecule is N#CC(=Cc1cn(-c2ccccc2)nc1-c1cc2ccccc2o1)C(=O)N1CCOCC1. The second kappa shape index (κ2) is 8.53. The number of nitriles is 1. The average Bonchev–Trinajstić information content (AvgIpc) is 3.47. The van der Waals surface area contributed by atoms with Crippen LogP contribution in [0.4, 0.5) is 0 Å². The summed E-state index contributed by atoms with van der Waals surface area (Å²) in [6, 6.07) is 21.4. The Labute approximate surface area is 184 Å². The first-order chi connectivity index (χ1) is 15.7. The van der Waals surface area contributed by atoms with Crippen LogP contribution in [-0.4, -0.2) is 46.9 Å². The van der Waals surface area contributed by atoms with Crippen molar-refractivity contribution in [2.75, 3.05) is 26.3 Å². The van der Waals surface area contributed by atoms with Crippen LogP contribution in [0.3, 0.4) is 0 Å². The van der Waals surface area contributed by atoms with Crippen molar-refractivity contribution in [3.05, 3.63) is 78.0 Å². The summed E-state index contributed by atoms with van der Waals surface area (Å²) in [6.07, 6.45) is 3.40. The fourth-order valence-corrected chi connectivity index (χ4v) is 3.73. The Morgan fingerprint density at radius 2 is 1.81 bits per heavy atom. The van der Waals surface area contributed by atoms with Crippen LogP contribution in [0.2, 0.25) is 0 Å². The van der Waals surface area contributed by atoms with Gasteiger partial charge in [-0.15, -0.1) is 0 Å². The van der Waals surface area contributed by atoms with Crippen LogP contribution in [-0.2, 0) is 9.53 Å². The van der Waals surface area contributed by atoms with E-state index < -0.39 is 0 Å². The highest BCUT2D eigenvalue weighted by Gasteiger charge is 2.22. The molecule has 1 aliphatic rings. The molecule has 0 bridgehead atoms. The molecule has 5 rings (SSSR count). The number of amides is 1. The number of carbonyl (C=O) groups is 1. The van der Waals surface area contributed by atoms with Crippen LogP contribution in [0, 0.1) is 11.3 Å². The molecule has 1 aliphatic heterocycles. The van der Waals surface area contributed by atoms with Gasteiger partial charge in [-0.1, -0.05) is 36.4 Å². The lowest BCUT2D eigenvalue weighted by molar-refractivity contribution is -0.130. The Morgan fingerprint density at radius 1 is 1.06 bits per heavy atom. The number of nitrogens with zero attached hydrogens (tertiary/aromatic N) is 4. The molecule has 1 fully saturated rings. The zero-order valence-electron chi connectivity index (χ0n) is 17.3. The molecule has 7 nitrogen and oxygen atoms in total. The quantitative estimate of drug-likeness (QED) is 0.364. The molecule has 0 atom stereocenters. The van der Waals surface area contributed by atoms with Crippen LogP contribution in [0.15, 0.2) is 76.9 Å². The number of carbonyl (C=O) groups excluding carboxylic acids is 1. The maximum absolute atomic E-state index is 12.9. The lowest BCUT2D eigenvalue weighted by Gasteiger charge is -2.26. The molecule has 2 aromatic heterocycles. The third-order valence-corrected chi connectivity index (χ3v) is 5.37. The van der Waals surface area contributed by atoms with Gasteiger partial charge in [0.15, 0.2) is 5.76 Å². The molecule has 0 saturated carbocycles. The summed E-state index contributed by atoms with van der Waals surface area (Å²) in [4.78, 5) is 14.6. The van der Waals surface area contributed by atoms with Crippen molar-refractivity contribution < 1.29 is 13.9 Å². The van der Waals surface area contributed by atoms with Crippen LogP contribution in [0.25, 0.3) is 34.2 Å². The fraction of sp³-hybridized carbons (Fsp3) is 0.160. The molecule has 158 valence electrons. The molecule has 7 heteroatoms. The number of rotatable bonds is 4. The van der Waals surface area contributed by atoms with E-state index in [1.54, 1.807) is 15.7 Å². The number of hydrogen-bond acceptors (Lipinski definition) is 5. The number of fused-ring (bicyclic) bond motifs is 1. The second-order valence-corrected chi connectivity index (χ2v) is 7.44. The summed E-state index contributed by atoms with van der Waals surface area (Å²) in [6.45, 7) is 1.89. The van der Waals surface area contributed by atoms with Crippen LogP contribution in [0.5, 0.6) is 0 Å². The number of ether oxygens (including phenoxy) is 1. The Bertz CT molecular complexity index is 1310. The molecule has 0 N–H and O–H groups in total. The van der Waals surface area contributed by atoms with Crippen molar-refractivity contribution in [1.29, 1.82) is 5.26 Å². The third kappa shape index (κ3) is 3.80. The monoisotopic (exact) mass is 424 g/mol. The van der Waals surface area contributed by atoms with Crippen molar-refractivity contribution in [2.45, 2.75) is 0 Å². The minimum Gasteiger partial charge on any atom is -0.454 e. The minimum atomic E-state index is -0.307. The van der Waals surface area contributed by atoms with Gasteiger partial charge < -0.3 is 14.1 Å². The largest absolute Gasteiger partial charge is 0.454 e. The van der Waals surface area contributed by atoms with Gasteiger partial charge in [-0.05, 0) is 30.3 Å². The smallest absolute Gasteiger partial charge is 0.264 e. The summed E-state index contributed by atoms with van der Waals surface area (Å²) in [5, 5.41) is 15.4.